The number of hydrogen-bond acceptors (Lipinski definition) is 3. The van der Waals surface area contributed by atoms with Gasteiger partial charge in [0.05, 0.1) is 17.3 Å². The molecule has 3 rings (SSSR count). The Balaban J connectivity index is 1.84. The summed E-state index contributed by atoms with van der Waals surface area (Å²) in [6.45, 7) is 0.374. The summed E-state index contributed by atoms with van der Waals surface area (Å²) in [5.74, 6) is 0.797. The number of para-hydroxylation sites is 1. The number of methoxy groups -OCH3 is 1. The molecule has 1 amide bonds. The summed E-state index contributed by atoms with van der Waals surface area (Å²) in [5.41, 5.74) is 2.18. The van der Waals surface area contributed by atoms with Gasteiger partial charge in [-0.1, -0.05) is 42.5 Å². The van der Waals surface area contributed by atoms with Crippen LogP contribution in [0.4, 0.5) is 5.69 Å². The lowest BCUT2D eigenvalue weighted by Crippen LogP contribution is -2.13. The molecule has 0 bridgehead atoms. The van der Waals surface area contributed by atoms with Crippen LogP contribution in [0.25, 0.3) is 0 Å². The van der Waals surface area contributed by atoms with E-state index in [1.54, 1.807) is 19.2 Å². The van der Waals surface area contributed by atoms with E-state index in [0.29, 0.717) is 33.8 Å². The van der Waals surface area contributed by atoms with Crippen LogP contribution >= 0.6 is 31.9 Å². The molecular weight excluding hydrogens is 474 g/mol. The van der Waals surface area contributed by atoms with Crippen LogP contribution in [0.2, 0.25) is 0 Å². The van der Waals surface area contributed by atoms with Crippen molar-refractivity contribution in [2.75, 3.05) is 12.4 Å². The maximum absolute atomic E-state index is 12.7. The minimum atomic E-state index is -0.241. The minimum absolute atomic E-state index is 0.241. The Bertz CT molecular complexity index is 945. The fraction of sp³-hybridized carbons (Fsp3) is 0.0952. The minimum Gasteiger partial charge on any atom is -0.492 e. The Labute approximate surface area is 174 Å². The molecule has 0 fully saturated rings. The molecule has 0 saturated carbocycles. The van der Waals surface area contributed by atoms with Crippen molar-refractivity contribution in [2.24, 2.45) is 0 Å². The molecule has 0 radical (unpaired) electrons. The maximum Gasteiger partial charge on any atom is 0.255 e. The molecule has 4 nitrogen and oxygen atoms in total. The quantitative estimate of drug-likeness (QED) is 0.457. The summed E-state index contributed by atoms with van der Waals surface area (Å²) in [6, 6.07) is 20.6. The number of halogens is 2. The molecule has 1 N–H and O–H groups in total. The van der Waals surface area contributed by atoms with Gasteiger partial charge in [-0.2, -0.15) is 0 Å². The number of hydrogen-bond donors (Lipinski definition) is 1. The predicted octanol–water partition coefficient (Wildman–Crippen LogP) is 6.05. The van der Waals surface area contributed by atoms with Crippen molar-refractivity contribution in [3.05, 3.63) is 86.8 Å². The molecule has 0 saturated heterocycles. The Morgan fingerprint density at radius 2 is 1.67 bits per heavy atom. The van der Waals surface area contributed by atoms with Crippen molar-refractivity contribution in [3.63, 3.8) is 0 Å². The lowest BCUT2D eigenvalue weighted by atomic mass is 10.1. The average molecular weight is 491 g/mol. The highest BCUT2D eigenvalue weighted by Gasteiger charge is 2.16. The molecule has 0 aliphatic heterocycles. The Hall–Kier alpha value is -2.31. The zero-order valence-electron chi connectivity index (χ0n) is 14.5. The van der Waals surface area contributed by atoms with Gasteiger partial charge in [0.25, 0.3) is 5.91 Å². The average Bonchev–Trinajstić information content (AvgIpc) is 2.68. The Morgan fingerprint density at radius 3 is 2.37 bits per heavy atom. The molecule has 0 atom stereocenters. The maximum atomic E-state index is 12.7. The first-order valence-corrected chi connectivity index (χ1v) is 9.77. The van der Waals surface area contributed by atoms with Crippen molar-refractivity contribution in [2.45, 2.75) is 6.61 Å². The van der Waals surface area contributed by atoms with Gasteiger partial charge in [0.2, 0.25) is 0 Å². The number of nitrogens with one attached hydrogen (secondary N) is 1. The summed E-state index contributed by atoms with van der Waals surface area (Å²) in [5, 5.41) is 2.89. The second kappa shape index (κ2) is 9.06. The van der Waals surface area contributed by atoms with Gasteiger partial charge < -0.3 is 14.8 Å². The number of ether oxygens (including phenoxy) is 2. The van der Waals surface area contributed by atoms with Crippen molar-refractivity contribution in [1.82, 2.24) is 0 Å². The number of benzene rings is 3. The first-order valence-electron chi connectivity index (χ1n) is 8.18. The molecule has 0 aliphatic carbocycles. The van der Waals surface area contributed by atoms with E-state index in [9.17, 15) is 4.79 Å². The normalized spacial score (nSPS) is 10.3. The molecular formula is C21H17Br2NO3. The van der Waals surface area contributed by atoms with Crippen LogP contribution in [0.1, 0.15) is 15.9 Å². The first kappa shape index (κ1) is 19.5. The van der Waals surface area contributed by atoms with Crippen LogP contribution in [0, 0.1) is 0 Å². The molecule has 0 unspecified atom stereocenters. The van der Waals surface area contributed by atoms with E-state index in [1.807, 2.05) is 54.6 Å². The van der Waals surface area contributed by atoms with Crippen LogP contribution in [0.3, 0.4) is 0 Å². The van der Waals surface area contributed by atoms with E-state index in [4.69, 9.17) is 9.47 Å². The fourth-order valence-corrected chi connectivity index (χ4v) is 3.48. The van der Waals surface area contributed by atoms with E-state index in [1.165, 1.54) is 0 Å². The molecule has 3 aromatic carbocycles. The fourth-order valence-electron chi connectivity index (χ4n) is 2.50. The number of amides is 1. The number of anilines is 1. The van der Waals surface area contributed by atoms with Crippen molar-refractivity contribution in [3.8, 4) is 11.5 Å². The van der Waals surface area contributed by atoms with Crippen molar-refractivity contribution >= 4 is 43.5 Å². The third-order valence-electron chi connectivity index (χ3n) is 3.84. The van der Waals surface area contributed by atoms with Crippen LogP contribution in [-0.2, 0) is 6.61 Å². The molecule has 0 aromatic heterocycles. The highest BCUT2D eigenvalue weighted by Crippen LogP contribution is 2.37. The van der Waals surface area contributed by atoms with Gasteiger partial charge in [-0.3, -0.25) is 4.79 Å². The molecule has 0 heterocycles. The molecule has 6 heteroatoms. The topological polar surface area (TPSA) is 47.6 Å². The first-order chi connectivity index (χ1) is 13.1. The van der Waals surface area contributed by atoms with E-state index < -0.39 is 0 Å². The summed E-state index contributed by atoms with van der Waals surface area (Å²) < 4.78 is 12.8. The van der Waals surface area contributed by atoms with Crippen molar-refractivity contribution in [1.29, 1.82) is 0 Å². The van der Waals surface area contributed by atoms with Crippen LogP contribution in [0.5, 0.6) is 11.5 Å². The van der Waals surface area contributed by atoms with E-state index in [-0.39, 0.29) is 5.91 Å². The van der Waals surface area contributed by atoms with E-state index in [2.05, 4.69) is 37.2 Å². The van der Waals surface area contributed by atoms with Gasteiger partial charge in [-0.25, -0.2) is 0 Å². The highest BCUT2D eigenvalue weighted by atomic mass is 79.9. The zero-order chi connectivity index (χ0) is 19.2. The zero-order valence-corrected chi connectivity index (χ0v) is 17.7. The molecule has 0 spiro atoms. The van der Waals surface area contributed by atoms with Crippen LogP contribution in [-0.4, -0.2) is 13.0 Å². The summed E-state index contributed by atoms with van der Waals surface area (Å²) >= 11 is 6.89. The largest absolute Gasteiger partial charge is 0.492 e. The van der Waals surface area contributed by atoms with Crippen LogP contribution in [0.15, 0.2) is 75.7 Å². The molecule has 3 aromatic rings. The number of carbonyl (C=O) groups excluding carboxylic acids is 1. The SMILES string of the molecule is COc1c(Br)cc(C(=O)Nc2ccccc2Br)cc1OCc1ccccc1. The van der Waals surface area contributed by atoms with Crippen LogP contribution < -0.4 is 14.8 Å². The third-order valence-corrected chi connectivity index (χ3v) is 5.12. The summed E-state index contributed by atoms with van der Waals surface area (Å²) in [4.78, 5) is 12.7. The highest BCUT2D eigenvalue weighted by molar-refractivity contribution is 9.11. The second-order valence-corrected chi connectivity index (χ2v) is 7.41. The third kappa shape index (κ3) is 4.90. The standard InChI is InChI=1S/C21H17Br2NO3/c1-26-20-17(23)11-15(21(25)24-18-10-6-5-9-16(18)22)12-19(20)27-13-14-7-3-2-4-8-14/h2-12H,13H2,1H3,(H,24,25). The number of rotatable bonds is 6. The van der Waals surface area contributed by atoms with Gasteiger partial charge in [-0.15, -0.1) is 0 Å². The molecule has 138 valence electrons. The predicted molar refractivity (Wildman–Crippen MR) is 114 cm³/mol. The van der Waals surface area contributed by atoms with E-state index in [0.717, 1.165) is 10.0 Å². The van der Waals surface area contributed by atoms with Crippen molar-refractivity contribution < 1.29 is 14.3 Å². The Morgan fingerprint density at radius 1 is 0.963 bits per heavy atom. The summed E-state index contributed by atoms with van der Waals surface area (Å²) in [6.07, 6.45) is 0. The smallest absolute Gasteiger partial charge is 0.255 e. The van der Waals surface area contributed by atoms with Gasteiger partial charge in [0.15, 0.2) is 11.5 Å². The number of carbonyl (C=O) groups is 1. The molecule has 27 heavy (non-hydrogen) atoms. The van der Waals surface area contributed by atoms with Gasteiger partial charge in [0, 0.05) is 10.0 Å². The Kier molecular flexibility index (Phi) is 6.53. The van der Waals surface area contributed by atoms with Gasteiger partial charge in [0.1, 0.15) is 6.61 Å². The van der Waals surface area contributed by atoms with Gasteiger partial charge in [-0.05, 0) is 61.7 Å². The van der Waals surface area contributed by atoms with Gasteiger partial charge >= 0.3 is 0 Å². The molecule has 0 aliphatic rings. The lowest BCUT2D eigenvalue weighted by Gasteiger charge is -2.15. The van der Waals surface area contributed by atoms with E-state index >= 15 is 0 Å². The monoisotopic (exact) mass is 489 g/mol. The lowest BCUT2D eigenvalue weighted by molar-refractivity contribution is 0.102. The summed E-state index contributed by atoms with van der Waals surface area (Å²) in [7, 11) is 1.57. The second-order valence-electron chi connectivity index (χ2n) is 5.70.